The lowest BCUT2D eigenvalue weighted by molar-refractivity contribution is -0.870. The maximum Gasteiger partial charge on any atom is 0.472 e. The minimum absolute atomic E-state index is 0.00402. The van der Waals surface area contributed by atoms with Crippen LogP contribution in [-0.2, 0) is 32.7 Å². The molecule has 0 heterocycles. The van der Waals surface area contributed by atoms with Crippen LogP contribution < -0.4 is 0 Å². The van der Waals surface area contributed by atoms with Gasteiger partial charge < -0.3 is 24.0 Å². The molecule has 0 aliphatic rings. The molecule has 0 amide bonds. The predicted molar refractivity (Wildman–Crippen MR) is 244 cm³/mol. The molecule has 346 valence electrons. The number of aliphatic hydroxyl groups is 1. The van der Waals surface area contributed by atoms with Crippen LogP contribution >= 0.6 is 7.82 Å². The molecule has 0 aliphatic carbocycles. The Balaban J connectivity index is 4.47. The van der Waals surface area contributed by atoms with Crippen LogP contribution in [0.15, 0.2) is 36.5 Å². The van der Waals surface area contributed by atoms with E-state index in [9.17, 15) is 24.2 Å². The second-order valence-electron chi connectivity index (χ2n) is 17.3. The summed E-state index contributed by atoms with van der Waals surface area (Å²) in [5.74, 6) is -0.989. The molecule has 0 rings (SSSR count). The maximum absolute atomic E-state index is 12.7. The Morgan fingerprint density at radius 1 is 0.610 bits per heavy atom. The molecule has 0 spiro atoms. The standard InChI is InChI=1S/C48H90NO9P/c1-6-8-10-12-14-16-18-20-21-22-23-25-27-29-31-33-35-39-48(52)58-46(44-57-59(53,54)56-42-41-49(3,4)5)43-55-47(51)40-36-38-45(50)37-34-32-30-28-26-24-19-17-15-13-11-9-7-2/h24,26,30,32,34,37,45-46,50H,6-23,25,27-29,31,33,35-36,38-44H2,1-5H3/p+1/b26-24+,32-30+,37-34+/t45?,46-/m1/s1. The van der Waals surface area contributed by atoms with Crippen molar-refractivity contribution in [1.29, 1.82) is 0 Å². The molecule has 0 saturated heterocycles. The summed E-state index contributed by atoms with van der Waals surface area (Å²) >= 11 is 0. The van der Waals surface area contributed by atoms with Crippen LogP contribution in [0.2, 0.25) is 0 Å². The highest BCUT2D eigenvalue weighted by Crippen LogP contribution is 2.43. The summed E-state index contributed by atoms with van der Waals surface area (Å²) in [5, 5.41) is 10.3. The summed E-state index contributed by atoms with van der Waals surface area (Å²) < 4.78 is 34.2. The van der Waals surface area contributed by atoms with Gasteiger partial charge in [0.25, 0.3) is 0 Å². The van der Waals surface area contributed by atoms with Crippen molar-refractivity contribution in [2.75, 3.05) is 47.5 Å². The molecule has 0 aromatic carbocycles. The van der Waals surface area contributed by atoms with E-state index in [2.05, 4.69) is 26.0 Å². The molecule has 0 saturated carbocycles. The van der Waals surface area contributed by atoms with E-state index in [1.54, 1.807) is 6.08 Å². The number of allylic oxidation sites excluding steroid dienone is 5. The average molecular weight is 857 g/mol. The van der Waals surface area contributed by atoms with Crippen LogP contribution in [0.1, 0.15) is 200 Å². The number of unbranched alkanes of at least 4 members (excludes halogenated alkanes) is 22. The van der Waals surface area contributed by atoms with Gasteiger partial charge in [-0.25, -0.2) is 4.57 Å². The monoisotopic (exact) mass is 857 g/mol. The molecule has 11 heteroatoms. The Labute approximate surface area is 362 Å². The quantitative estimate of drug-likeness (QED) is 0.0154. The van der Waals surface area contributed by atoms with E-state index in [1.165, 1.54) is 122 Å². The van der Waals surface area contributed by atoms with Crippen LogP contribution in [0.5, 0.6) is 0 Å². The largest absolute Gasteiger partial charge is 0.472 e. The van der Waals surface area contributed by atoms with Gasteiger partial charge in [0.1, 0.15) is 19.8 Å². The van der Waals surface area contributed by atoms with Crippen molar-refractivity contribution in [3.05, 3.63) is 36.5 Å². The molecule has 2 unspecified atom stereocenters. The highest BCUT2D eigenvalue weighted by molar-refractivity contribution is 7.47. The first-order valence-corrected chi connectivity index (χ1v) is 25.3. The number of hydrogen-bond acceptors (Lipinski definition) is 8. The second kappa shape index (κ2) is 40.3. The SMILES string of the molecule is CCCCCCCC/C=C/C/C=C/C=C/C(O)CCCC(=O)OC[C@H](COP(=O)(O)OCC[N+](C)(C)C)OC(=O)CCCCCCCCCCCCCCCCCCC. The number of nitrogens with zero attached hydrogens (tertiary/aromatic N) is 1. The Bertz CT molecular complexity index is 1120. The minimum Gasteiger partial charge on any atom is -0.462 e. The highest BCUT2D eigenvalue weighted by atomic mass is 31.2. The van der Waals surface area contributed by atoms with Gasteiger partial charge in [0.2, 0.25) is 0 Å². The molecule has 0 aliphatic heterocycles. The fourth-order valence-electron chi connectivity index (χ4n) is 6.49. The Kier molecular flexibility index (Phi) is 39.0. The zero-order valence-electron chi connectivity index (χ0n) is 38.6. The number of esters is 2. The summed E-state index contributed by atoms with van der Waals surface area (Å²) in [7, 11) is 1.38. The fourth-order valence-corrected chi connectivity index (χ4v) is 7.24. The lowest BCUT2D eigenvalue weighted by Gasteiger charge is -2.24. The normalized spacial score (nSPS) is 14.4. The van der Waals surface area contributed by atoms with Gasteiger partial charge in [0.05, 0.1) is 33.9 Å². The van der Waals surface area contributed by atoms with Gasteiger partial charge >= 0.3 is 19.8 Å². The second-order valence-corrected chi connectivity index (χ2v) is 18.8. The van der Waals surface area contributed by atoms with E-state index in [0.29, 0.717) is 30.3 Å². The van der Waals surface area contributed by atoms with E-state index in [1.807, 2.05) is 39.4 Å². The number of ether oxygens (including phenoxy) is 2. The summed E-state index contributed by atoms with van der Waals surface area (Å²) in [6.07, 6.45) is 42.2. The van der Waals surface area contributed by atoms with Crippen molar-refractivity contribution >= 4 is 19.8 Å². The molecule has 2 N–H and O–H groups in total. The fraction of sp³-hybridized carbons (Fsp3) is 0.833. The summed E-state index contributed by atoms with van der Waals surface area (Å²) in [4.78, 5) is 35.5. The zero-order valence-corrected chi connectivity index (χ0v) is 39.5. The molecule has 0 radical (unpaired) electrons. The smallest absolute Gasteiger partial charge is 0.462 e. The van der Waals surface area contributed by atoms with Crippen molar-refractivity contribution in [2.45, 2.75) is 212 Å². The van der Waals surface area contributed by atoms with Crippen molar-refractivity contribution in [1.82, 2.24) is 0 Å². The van der Waals surface area contributed by atoms with Crippen molar-refractivity contribution in [2.24, 2.45) is 0 Å². The molecule has 0 aromatic rings. The molecule has 0 bridgehead atoms. The number of hydrogen-bond donors (Lipinski definition) is 2. The predicted octanol–water partition coefficient (Wildman–Crippen LogP) is 12.7. The van der Waals surface area contributed by atoms with Gasteiger partial charge in [-0.15, -0.1) is 0 Å². The molecular weight excluding hydrogens is 765 g/mol. The topological polar surface area (TPSA) is 129 Å². The van der Waals surface area contributed by atoms with E-state index in [0.717, 1.165) is 32.1 Å². The number of aliphatic hydroxyl groups excluding tert-OH is 1. The van der Waals surface area contributed by atoms with E-state index in [-0.39, 0.29) is 26.1 Å². The van der Waals surface area contributed by atoms with Gasteiger partial charge in [-0.1, -0.05) is 185 Å². The molecule has 59 heavy (non-hydrogen) atoms. The first kappa shape index (κ1) is 57.2. The number of likely N-dealkylation sites (N-methyl/N-ethyl adjacent to an activating group) is 1. The lowest BCUT2D eigenvalue weighted by Crippen LogP contribution is -2.37. The number of quaternary nitrogens is 1. The van der Waals surface area contributed by atoms with E-state index in [4.69, 9.17) is 18.5 Å². The van der Waals surface area contributed by atoms with Gasteiger partial charge in [-0.05, 0) is 38.5 Å². The number of phosphoric acid groups is 1. The van der Waals surface area contributed by atoms with E-state index >= 15 is 0 Å². The minimum atomic E-state index is -4.42. The average Bonchev–Trinajstić information content (AvgIpc) is 3.18. The Hall–Kier alpha value is -1.81. The molecule has 0 aromatic heterocycles. The molecule has 10 nitrogen and oxygen atoms in total. The summed E-state index contributed by atoms with van der Waals surface area (Å²) in [6, 6.07) is 0. The Morgan fingerprint density at radius 3 is 1.66 bits per heavy atom. The van der Waals surface area contributed by atoms with Gasteiger partial charge in [0, 0.05) is 12.8 Å². The number of rotatable bonds is 43. The molecule has 3 atom stereocenters. The van der Waals surface area contributed by atoms with Crippen molar-refractivity contribution in [3.8, 4) is 0 Å². The Morgan fingerprint density at radius 2 is 1.12 bits per heavy atom. The van der Waals surface area contributed by atoms with E-state index < -0.39 is 38.6 Å². The third-order valence-electron chi connectivity index (χ3n) is 10.3. The highest BCUT2D eigenvalue weighted by Gasteiger charge is 2.27. The lowest BCUT2D eigenvalue weighted by atomic mass is 10.0. The van der Waals surface area contributed by atoms with Crippen molar-refractivity contribution in [3.63, 3.8) is 0 Å². The van der Waals surface area contributed by atoms with Crippen LogP contribution in [0.4, 0.5) is 0 Å². The third-order valence-corrected chi connectivity index (χ3v) is 11.3. The number of carbonyl (C=O) groups is 2. The molecular formula is C48H91NO9P+. The first-order valence-electron chi connectivity index (χ1n) is 23.8. The maximum atomic E-state index is 12.7. The van der Waals surface area contributed by atoms with Crippen LogP contribution in [-0.4, -0.2) is 86.1 Å². The van der Waals surface area contributed by atoms with Crippen LogP contribution in [0, 0.1) is 0 Å². The zero-order chi connectivity index (χ0) is 43.7. The van der Waals surface area contributed by atoms with Crippen LogP contribution in [0.25, 0.3) is 0 Å². The number of phosphoric ester groups is 1. The third kappa shape index (κ3) is 44.1. The van der Waals surface area contributed by atoms with Gasteiger partial charge in [0.15, 0.2) is 6.10 Å². The van der Waals surface area contributed by atoms with Gasteiger partial charge in [-0.2, -0.15) is 0 Å². The molecule has 0 fully saturated rings. The summed E-state index contributed by atoms with van der Waals surface area (Å²) in [5.41, 5.74) is 0. The first-order chi connectivity index (χ1) is 28.4. The number of carbonyl (C=O) groups excluding carboxylic acids is 2. The van der Waals surface area contributed by atoms with Crippen molar-refractivity contribution < 1.29 is 47.2 Å². The van der Waals surface area contributed by atoms with Gasteiger partial charge in [-0.3, -0.25) is 18.6 Å². The summed E-state index contributed by atoms with van der Waals surface area (Å²) in [6.45, 7) is 4.22. The van der Waals surface area contributed by atoms with Crippen LogP contribution in [0.3, 0.4) is 0 Å².